The van der Waals surface area contributed by atoms with Crippen molar-refractivity contribution in [2.45, 2.75) is 44.1 Å². The van der Waals surface area contributed by atoms with Gasteiger partial charge in [-0.25, -0.2) is 0 Å². The number of hydrogen-bond donors (Lipinski definition) is 0. The number of methoxy groups -OCH3 is 1. The van der Waals surface area contributed by atoms with Crippen LogP contribution < -0.4 is 0 Å². The second kappa shape index (κ2) is 7.49. The average Bonchev–Trinajstić information content (AvgIpc) is 3.37. The predicted octanol–water partition coefficient (Wildman–Crippen LogP) is 1.43. The van der Waals surface area contributed by atoms with Crippen molar-refractivity contribution in [2.75, 3.05) is 60.0 Å². The lowest BCUT2D eigenvalue weighted by Crippen LogP contribution is -2.61. The second-order valence-corrected chi connectivity index (χ2v) is 7.80. The SMILES string of the molecule is COCCCN1CCN(C)[C@]2(CCC(=O)N(CC3CC3)CC2)C1. The number of ether oxygens (including phenoxy) is 1. The Hall–Kier alpha value is -0.650. The number of amides is 1. The van der Waals surface area contributed by atoms with E-state index in [-0.39, 0.29) is 5.54 Å². The van der Waals surface area contributed by atoms with Gasteiger partial charge in [-0.1, -0.05) is 0 Å². The van der Waals surface area contributed by atoms with Gasteiger partial charge in [0, 0.05) is 64.9 Å². The third-order valence-corrected chi connectivity index (χ3v) is 6.08. The molecular formula is C18H33N3O2. The van der Waals surface area contributed by atoms with Gasteiger partial charge in [-0.15, -0.1) is 0 Å². The van der Waals surface area contributed by atoms with E-state index in [1.807, 2.05) is 0 Å². The molecule has 2 heterocycles. The van der Waals surface area contributed by atoms with E-state index in [0.29, 0.717) is 5.91 Å². The molecule has 1 saturated carbocycles. The van der Waals surface area contributed by atoms with Gasteiger partial charge in [-0.3, -0.25) is 9.69 Å². The van der Waals surface area contributed by atoms with Crippen LogP contribution in [0.1, 0.15) is 38.5 Å². The average molecular weight is 323 g/mol. The number of piperazine rings is 1. The summed E-state index contributed by atoms with van der Waals surface area (Å²) in [5.41, 5.74) is 0.194. The number of likely N-dealkylation sites (N-methyl/N-ethyl adjacent to an activating group) is 1. The van der Waals surface area contributed by atoms with Crippen molar-refractivity contribution in [1.29, 1.82) is 0 Å². The van der Waals surface area contributed by atoms with Gasteiger partial charge >= 0.3 is 0 Å². The molecule has 1 aliphatic carbocycles. The summed E-state index contributed by atoms with van der Waals surface area (Å²) in [7, 11) is 4.03. The highest BCUT2D eigenvalue weighted by Crippen LogP contribution is 2.35. The maximum atomic E-state index is 12.5. The maximum Gasteiger partial charge on any atom is 0.222 e. The summed E-state index contributed by atoms with van der Waals surface area (Å²) in [5.74, 6) is 1.18. The summed E-state index contributed by atoms with van der Waals surface area (Å²) in [6.07, 6.45) is 6.61. The molecule has 1 atom stereocenters. The number of rotatable bonds is 6. The largest absolute Gasteiger partial charge is 0.385 e. The fourth-order valence-corrected chi connectivity index (χ4v) is 4.20. The van der Waals surface area contributed by atoms with Crippen molar-refractivity contribution in [3.8, 4) is 0 Å². The molecule has 0 bridgehead atoms. The standard InChI is InChI=1S/C18H33N3O2/c1-19-11-12-20(9-3-13-23-2)15-18(19)7-6-17(22)21(10-8-18)14-16-4-5-16/h16H,3-15H2,1-2H3/t18-/m0/s1. The lowest BCUT2D eigenvalue weighted by Gasteiger charge is -2.49. The van der Waals surface area contributed by atoms with Gasteiger partial charge in [0.25, 0.3) is 0 Å². The molecule has 3 rings (SSSR count). The molecular weight excluding hydrogens is 290 g/mol. The van der Waals surface area contributed by atoms with E-state index in [4.69, 9.17) is 4.74 Å². The number of carbonyl (C=O) groups excluding carboxylic acids is 1. The van der Waals surface area contributed by atoms with Crippen LogP contribution in [0.5, 0.6) is 0 Å². The molecule has 5 nitrogen and oxygen atoms in total. The van der Waals surface area contributed by atoms with Crippen LogP contribution in [-0.4, -0.2) is 86.2 Å². The smallest absolute Gasteiger partial charge is 0.222 e. The van der Waals surface area contributed by atoms with Crippen molar-refractivity contribution >= 4 is 5.91 Å². The van der Waals surface area contributed by atoms with Crippen LogP contribution >= 0.6 is 0 Å². The molecule has 0 radical (unpaired) electrons. The lowest BCUT2D eigenvalue weighted by molar-refractivity contribution is -0.131. The first kappa shape index (κ1) is 17.2. The van der Waals surface area contributed by atoms with Gasteiger partial charge in [0.05, 0.1) is 0 Å². The van der Waals surface area contributed by atoms with Crippen molar-refractivity contribution in [3.05, 3.63) is 0 Å². The zero-order valence-corrected chi connectivity index (χ0v) is 14.9. The minimum atomic E-state index is 0.194. The molecule has 2 aliphatic heterocycles. The van der Waals surface area contributed by atoms with E-state index < -0.39 is 0 Å². The minimum Gasteiger partial charge on any atom is -0.385 e. The van der Waals surface area contributed by atoms with E-state index in [1.54, 1.807) is 7.11 Å². The third-order valence-electron chi connectivity index (χ3n) is 6.08. The highest BCUT2D eigenvalue weighted by atomic mass is 16.5. The van der Waals surface area contributed by atoms with Crippen LogP contribution in [0.4, 0.5) is 0 Å². The topological polar surface area (TPSA) is 36.0 Å². The van der Waals surface area contributed by atoms with Crippen molar-refractivity contribution in [1.82, 2.24) is 14.7 Å². The van der Waals surface area contributed by atoms with Gasteiger partial charge in [-0.2, -0.15) is 0 Å². The molecule has 0 unspecified atom stereocenters. The zero-order chi connectivity index (χ0) is 16.3. The third kappa shape index (κ3) is 4.25. The fraction of sp³-hybridized carbons (Fsp3) is 0.944. The Morgan fingerprint density at radius 1 is 1.22 bits per heavy atom. The van der Waals surface area contributed by atoms with E-state index in [1.165, 1.54) is 12.8 Å². The molecule has 132 valence electrons. The van der Waals surface area contributed by atoms with Crippen LogP contribution in [0.2, 0.25) is 0 Å². The Kier molecular flexibility index (Phi) is 5.60. The first-order chi connectivity index (χ1) is 11.1. The molecule has 2 saturated heterocycles. The van der Waals surface area contributed by atoms with Crippen LogP contribution in [-0.2, 0) is 9.53 Å². The van der Waals surface area contributed by atoms with Gasteiger partial charge in [0.15, 0.2) is 0 Å². The van der Waals surface area contributed by atoms with Crippen molar-refractivity contribution < 1.29 is 9.53 Å². The van der Waals surface area contributed by atoms with Crippen molar-refractivity contribution in [2.24, 2.45) is 5.92 Å². The van der Waals surface area contributed by atoms with E-state index >= 15 is 0 Å². The molecule has 0 N–H and O–H groups in total. The molecule has 0 aromatic rings. The molecule has 1 amide bonds. The summed E-state index contributed by atoms with van der Waals surface area (Å²) in [6, 6.07) is 0. The van der Waals surface area contributed by atoms with Crippen LogP contribution in [0.3, 0.4) is 0 Å². The number of carbonyl (C=O) groups is 1. The van der Waals surface area contributed by atoms with E-state index in [2.05, 4.69) is 21.7 Å². The molecule has 23 heavy (non-hydrogen) atoms. The Morgan fingerprint density at radius 2 is 2.04 bits per heavy atom. The van der Waals surface area contributed by atoms with E-state index in [9.17, 15) is 4.79 Å². The molecule has 3 fully saturated rings. The minimum absolute atomic E-state index is 0.194. The summed E-state index contributed by atoms with van der Waals surface area (Å²) >= 11 is 0. The van der Waals surface area contributed by atoms with Crippen LogP contribution in [0, 0.1) is 5.92 Å². The quantitative estimate of drug-likeness (QED) is 0.693. The Balaban J connectivity index is 1.60. The first-order valence-electron chi connectivity index (χ1n) is 9.33. The summed E-state index contributed by atoms with van der Waals surface area (Å²) in [6.45, 7) is 7.28. The number of nitrogens with zero attached hydrogens (tertiary/aromatic N) is 3. The van der Waals surface area contributed by atoms with Gasteiger partial charge in [-0.05, 0) is 45.1 Å². The lowest BCUT2D eigenvalue weighted by atomic mass is 9.86. The molecule has 1 spiro atoms. The monoisotopic (exact) mass is 323 g/mol. The fourth-order valence-electron chi connectivity index (χ4n) is 4.20. The number of likely N-dealkylation sites (tertiary alicyclic amines) is 1. The van der Waals surface area contributed by atoms with E-state index in [0.717, 1.165) is 77.5 Å². The molecule has 0 aromatic heterocycles. The Bertz CT molecular complexity index is 413. The van der Waals surface area contributed by atoms with Gasteiger partial charge in [0.2, 0.25) is 5.91 Å². The van der Waals surface area contributed by atoms with Crippen LogP contribution in [0.25, 0.3) is 0 Å². The molecule has 3 aliphatic rings. The zero-order valence-electron chi connectivity index (χ0n) is 14.9. The summed E-state index contributed by atoms with van der Waals surface area (Å²) in [4.78, 5) is 19.8. The predicted molar refractivity (Wildman–Crippen MR) is 91.4 cm³/mol. The maximum absolute atomic E-state index is 12.5. The summed E-state index contributed by atoms with van der Waals surface area (Å²) < 4.78 is 5.19. The molecule has 5 heteroatoms. The normalized spacial score (nSPS) is 30.9. The molecule has 0 aromatic carbocycles. The first-order valence-corrected chi connectivity index (χ1v) is 9.33. The van der Waals surface area contributed by atoms with Crippen LogP contribution in [0.15, 0.2) is 0 Å². The Morgan fingerprint density at radius 3 is 2.78 bits per heavy atom. The van der Waals surface area contributed by atoms with Crippen molar-refractivity contribution in [3.63, 3.8) is 0 Å². The Labute approximate surface area is 140 Å². The summed E-state index contributed by atoms with van der Waals surface area (Å²) in [5, 5.41) is 0. The number of hydrogen-bond acceptors (Lipinski definition) is 4. The van der Waals surface area contributed by atoms with Gasteiger partial charge < -0.3 is 14.5 Å². The highest BCUT2D eigenvalue weighted by Gasteiger charge is 2.42. The second-order valence-electron chi connectivity index (χ2n) is 7.80. The van der Waals surface area contributed by atoms with Gasteiger partial charge in [0.1, 0.15) is 0 Å². The highest BCUT2D eigenvalue weighted by molar-refractivity contribution is 5.76.